The van der Waals surface area contributed by atoms with Crippen LogP contribution < -0.4 is 9.47 Å². The van der Waals surface area contributed by atoms with Crippen molar-refractivity contribution in [1.29, 1.82) is 0 Å². The van der Waals surface area contributed by atoms with Crippen molar-refractivity contribution in [3.8, 4) is 22.6 Å². The first-order valence-corrected chi connectivity index (χ1v) is 16.8. The van der Waals surface area contributed by atoms with E-state index in [1.165, 1.54) is 11.1 Å². The fourth-order valence-corrected chi connectivity index (χ4v) is 5.11. The first-order valence-electron chi connectivity index (χ1n) is 16.8. The maximum atomic E-state index is 6.16. The molecule has 4 aromatic rings. The van der Waals surface area contributed by atoms with Crippen molar-refractivity contribution in [1.82, 2.24) is 0 Å². The lowest BCUT2D eigenvalue weighted by atomic mass is 10.0. The van der Waals surface area contributed by atoms with Crippen molar-refractivity contribution in [2.45, 2.75) is 26.7 Å². The average molecular weight is 619 g/mol. The molecule has 46 heavy (non-hydrogen) atoms. The molecule has 0 aliphatic carbocycles. The summed E-state index contributed by atoms with van der Waals surface area (Å²) < 4.78 is 14.4. The van der Waals surface area contributed by atoms with E-state index >= 15 is 0 Å². The minimum atomic E-state index is 0.731. The van der Waals surface area contributed by atoms with Crippen molar-refractivity contribution in [2.24, 2.45) is 0 Å². The lowest BCUT2D eigenvalue weighted by molar-refractivity contribution is -0.888. The third-order valence-corrected chi connectivity index (χ3v) is 8.95. The van der Waals surface area contributed by atoms with E-state index in [4.69, 9.17) is 9.47 Å². The highest BCUT2D eigenvalue weighted by Crippen LogP contribution is 2.25. The van der Waals surface area contributed by atoms with Crippen molar-refractivity contribution in [3.63, 3.8) is 0 Å². The highest BCUT2D eigenvalue weighted by molar-refractivity contribution is 5.76. The minimum Gasteiger partial charge on any atom is -0.493 e. The van der Waals surface area contributed by atoms with E-state index < -0.39 is 0 Å². The minimum absolute atomic E-state index is 0.731. The Morgan fingerprint density at radius 3 is 1.22 bits per heavy atom. The Bertz CT molecular complexity index is 1430. The molecule has 0 aromatic heterocycles. The molecule has 4 nitrogen and oxygen atoms in total. The van der Waals surface area contributed by atoms with Gasteiger partial charge in [-0.15, -0.1) is 0 Å². The van der Waals surface area contributed by atoms with Crippen LogP contribution in [0, 0.1) is 0 Å². The first kappa shape index (κ1) is 34.7. The van der Waals surface area contributed by atoms with Gasteiger partial charge in [-0.05, 0) is 48.2 Å². The summed E-state index contributed by atoms with van der Waals surface area (Å²) in [7, 11) is 9.07. The van der Waals surface area contributed by atoms with Crippen LogP contribution in [-0.4, -0.2) is 76.5 Å². The predicted octanol–water partition coefficient (Wildman–Crippen LogP) is 9.42. The molecule has 0 unspecified atom stereocenters. The monoisotopic (exact) mass is 618 g/mol. The number of quaternary nitrogens is 2. The largest absolute Gasteiger partial charge is 0.493 e. The van der Waals surface area contributed by atoms with E-state index in [9.17, 15) is 0 Å². The van der Waals surface area contributed by atoms with Crippen LogP contribution in [-0.2, 0) is 0 Å². The maximum absolute atomic E-state index is 6.16. The van der Waals surface area contributed by atoms with Gasteiger partial charge >= 0.3 is 0 Å². The Morgan fingerprint density at radius 1 is 0.478 bits per heavy atom. The van der Waals surface area contributed by atoms with E-state index in [1.54, 1.807) is 0 Å². The number of rotatable bonds is 17. The molecule has 0 N–H and O–H groups in total. The molecule has 0 fully saturated rings. The summed E-state index contributed by atoms with van der Waals surface area (Å²) in [5.74, 6) is 1.88. The summed E-state index contributed by atoms with van der Waals surface area (Å²) in [6, 6.07) is 34.0. The lowest BCUT2D eigenvalue weighted by Gasteiger charge is -2.28. The fourth-order valence-electron chi connectivity index (χ4n) is 5.11. The van der Waals surface area contributed by atoms with Crippen LogP contribution in [0.4, 0.5) is 0 Å². The van der Waals surface area contributed by atoms with Crippen LogP contribution in [0.15, 0.2) is 97.1 Å². The second kappa shape index (κ2) is 17.0. The zero-order chi connectivity index (χ0) is 32.8. The molecule has 0 spiro atoms. The van der Waals surface area contributed by atoms with Crippen LogP contribution >= 0.6 is 0 Å². The number of nitrogens with zero attached hydrogens (tertiary/aromatic N) is 2. The molecule has 242 valence electrons. The molecule has 0 aliphatic heterocycles. The highest BCUT2D eigenvalue weighted by atomic mass is 16.5. The zero-order valence-corrected chi connectivity index (χ0v) is 28.9. The molecule has 0 aliphatic rings. The summed E-state index contributed by atoms with van der Waals surface area (Å²) in [5.41, 5.74) is 6.93. The Morgan fingerprint density at radius 2 is 0.848 bits per heavy atom. The molecule has 0 amide bonds. The average Bonchev–Trinajstić information content (AvgIpc) is 3.08. The number of hydrogen-bond acceptors (Lipinski definition) is 2. The van der Waals surface area contributed by atoms with E-state index in [-0.39, 0.29) is 0 Å². The molecular formula is C42H54N2O2+2. The molecule has 0 radical (unpaired) electrons. The van der Waals surface area contributed by atoms with Gasteiger partial charge in [0.25, 0.3) is 0 Å². The van der Waals surface area contributed by atoms with E-state index in [0.29, 0.717) is 0 Å². The van der Waals surface area contributed by atoms with Crippen molar-refractivity contribution < 1.29 is 18.4 Å². The quantitative estimate of drug-likeness (QED) is 0.0667. The highest BCUT2D eigenvalue weighted by Gasteiger charge is 2.12. The van der Waals surface area contributed by atoms with Gasteiger partial charge in [0.05, 0.1) is 67.6 Å². The smallest absolute Gasteiger partial charge is 0.126 e. The number of benzene rings is 4. The predicted molar refractivity (Wildman–Crippen MR) is 198 cm³/mol. The van der Waals surface area contributed by atoms with Gasteiger partial charge in [0, 0.05) is 24.0 Å². The number of para-hydroxylation sites is 2. The molecule has 0 bridgehead atoms. The van der Waals surface area contributed by atoms with Crippen molar-refractivity contribution >= 4 is 24.3 Å². The lowest BCUT2D eigenvalue weighted by Crippen LogP contribution is -2.40. The van der Waals surface area contributed by atoms with Crippen LogP contribution in [0.1, 0.15) is 48.9 Å². The first-order chi connectivity index (χ1) is 22.2. The molecule has 0 heterocycles. The van der Waals surface area contributed by atoms with Gasteiger partial charge in [-0.2, -0.15) is 0 Å². The van der Waals surface area contributed by atoms with Gasteiger partial charge in [0.2, 0.25) is 0 Å². The Labute approximate surface area is 278 Å². The molecule has 4 aromatic carbocycles. The topological polar surface area (TPSA) is 18.5 Å². The van der Waals surface area contributed by atoms with E-state index in [0.717, 1.165) is 95.0 Å². The van der Waals surface area contributed by atoms with Crippen LogP contribution in [0.2, 0.25) is 0 Å². The molecule has 4 rings (SSSR count). The molecule has 0 saturated carbocycles. The van der Waals surface area contributed by atoms with Crippen LogP contribution in [0.5, 0.6) is 11.5 Å². The van der Waals surface area contributed by atoms with Crippen molar-refractivity contribution in [2.75, 3.05) is 67.6 Å². The zero-order valence-electron chi connectivity index (χ0n) is 28.9. The third kappa shape index (κ3) is 11.0. The Kier molecular flexibility index (Phi) is 12.8. The fraction of sp³-hybridized carbons (Fsp3) is 0.333. The van der Waals surface area contributed by atoms with Gasteiger partial charge < -0.3 is 18.4 Å². The maximum Gasteiger partial charge on any atom is 0.126 e. The normalized spacial score (nSPS) is 12.2. The standard InChI is InChI=1S/C42H54N2O2/c1-7-43(3,4)31-13-33-45-41-17-11-9-15-39(41)29-23-35-19-25-37(26-20-35)38-27-21-36(22-28-38)24-30-40-16-10-12-18-42(40)46-34-14-32-44(5,6)8-2/h9-12,15-30H,7-8,13-14,31-34H2,1-6H3/q+2. The SMILES string of the molecule is CC[N+](C)(C)CCCOc1ccccc1C=Cc1ccc(-c2ccc(C=Cc3ccccc3OCCC[N+](C)(C)CC)cc2)cc1. The van der Waals surface area contributed by atoms with Crippen LogP contribution in [0.3, 0.4) is 0 Å². The van der Waals surface area contributed by atoms with Gasteiger partial charge in [-0.1, -0.05) is 109 Å². The Hall–Kier alpha value is -4.12. The molecule has 4 heteroatoms. The van der Waals surface area contributed by atoms with Gasteiger partial charge in [0.15, 0.2) is 0 Å². The Balaban J connectivity index is 1.32. The third-order valence-electron chi connectivity index (χ3n) is 8.95. The summed E-state index contributed by atoms with van der Waals surface area (Å²) in [5, 5.41) is 0. The van der Waals surface area contributed by atoms with Gasteiger partial charge in [-0.3, -0.25) is 0 Å². The summed E-state index contributed by atoms with van der Waals surface area (Å²) in [6.45, 7) is 10.4. The van der Waals surface area contributed by atoms with Crippen molar-refractivity contribution in [3.05, 3.63) is 119 Å². The molecule has 0 atom stereocenters. The van der Waals surface area contributed by atoms with E-state index in [1.807, 2.05) is 12.1 Å². The van der Waals surface area contributed by atoms with Crippen LogP contribution in [0.25, 0.3) is 35.4 Å². The summed E-state index contributed by atoms with van der Waals surface area (Å²) in [4.78, 5) is 0. The summed E-state index contributed by atoms with van der Waals surface area (Å²) >= 11 is 0. The second-order valence-corrected chi connectivity index (χ2v) is 13.3. The molecular weight excluding hydrogens is 564 g/mol. The number of ether oxygens (including phenoxy) is 2. The second-order valence-electron chi connectivity index (χ2n) is 13.3. The summed E-state index contributed by atoms with van der Waals surface area (Å²) in [6.07, 6.45) is 10.7. The van der Waals surface area contributed by atoms with E-state index in [2.05, 4.69) is 151 Å². The van der Waals surface area contributed by atoms with Gasteiger partial charge in [0.1, 0.15) is 11.5 Å². The van der Waals surface area contributed by atoms with Gasteiger partial charge in [-0.25, -0.2) is 0 Å². The number of hydrogen-bond donors (Lipinski definition) is 0. The molecule has 0 saturated heterocycles.